The third-order valence-corrected chi connectivity index (χ3v) is 8.24. The Balaban J connectivity index is 1.73. The molecule has 5 rings (SSSR count). The summed E-state index contributed by atoms with van der Waals surface area (Å²) in [4.78, 5) is 12.0. The van der Waals surface area contributed by atoms with Crippen molar-refractivity contribution >= 4 is 5.97 Å². The van der Waals surface area contributed by atoms with Crippen LogP contribution in [0.25, 0.3) is 0 Å². The molecule has 1 aromatic rings. The second-order valence-corrected chi connectivity index (χ2v) is 9.21. The largest absolute Gasteiger partial charge is 0.472 e. The van der Waals surface area contributed by atoms with Gasteiger partial charge in [-0.1, -0.05) is 25.5 Å². The molecule has 5 heteroatoms. The van der Waals surface area contributed by atoms with E-state index < -0.39 is 16.8 Å². The Morgan fingerprint density at radius 1 is 1.37 bits per heavy atom. The molecule has 1 aromatic heterocycles. The first-order valence-corrected chi connectivity index (χ1v) is 10.0. The van der Waals surface area contributed by atoms with Crippen LogP contribution in [-0.2, 0) is 24.8 Å². The molecule has 6 atom stereocenters. The predicted octanol–water partition coefficient (Wildman–Crippen LogP) is 4.33. The molecule has 0 aromatic carbocycles. The summed E-state index contributed by atoms with van der Waals surface area (Å²) < 4.78 is 24.9. The van der Waals surface area contributed by atoms with Gasteiger partial charge in [-0.3, -0.25) is 4.79 Å². The minimum atomic E-state index is -0.776. The molecule has 2 aliphatic carbocycles. The molecule has 2 saturated heterocycles. The molecule has 146 valence electrons. The molecular formula is C22H28O5. The molecular weight excluding hydrogens is 344 g/mol. The molecule has 1 saturated carbocycles. The molecule has 1 spiro atoms. The van der Waals surface area contributed by atoms with Crippen LogP contribution < -0.4 is 0 Å². The summed E-state index contributed by atoms with van der Waals surface area (Å²) in [6, 6.07) is 1.95. The topological polar surface area (TPSA) is 57.9 Å². The van der Waals surface area contributed by atoms with Crippen LogP contribution >= 0.6 is 0 Å². The standard InChI is InChI=1S/C22H28O5/c1-14-6-5-8-22-19(4)12-21(27-22,17-7-9-24-11-17)25-13-20(14,22)18(10-15(19)2)26-16(3)23/h6-7,9,11,15,18H,5,8,10,12-13H2,1-4H3/t15?,18-,19-,20-,21-,22-/m1/s1. The van der Waals surface area contributed by atoms with Gasteiger partial charge in [0.15, 0.2) is 5.79 Å². The monoisotopic (exact) mass is 372 g/mol. The maximum atomic E-state index is 12.0. The van der Waals surface area contributed by atoms with Gasteiger partial charge >= 0.3 is 5.97 Å². The fourth-order valence-corrected chi connectivity index (χ4v) is 6.79. The number of ether oxygens (including phenoxy) is 3. The molecule has 0 amide bonds. The molecule has 2 bridgehead atoms. The number of carbonyl (C=O) groups excluding carboxylic acids is 1. The van der Waals surface area contributed by atoms with Crippen molar-refractivity contribution in [3.63, 3.8) is 0 Å². The Labute approximate surface area is 160 Å². The lowest BCUT2D eigenvalue weighted by Gasteiger charge is -2.65. The Morgan fingerprint density at radius 2 is 2.19 bits per heavy atom. The number of furan rings is 1. The van der Waals surface area contributed by atoms with Crippen molar-refractivity contribution in [1.29, 1.82) is 0 Å². The van der Waals surface area contributed by atoms with Crippen LogP contribution in [0.4, 0.5) is 0 Å². The molecule has 5 nitrogen and oxygen atoms in total. The Kier molecular flexibility index (Phi) is 3.41. The van der Waals surface area contributed by atoms with E-state index in [0.29, 0.717) is 12.5 Å². The fraction of sp³-hybridized carbons (Fsp3) is 0.682. The van der Waals surface area contributed by atoms with Gasteiger partial charge < -0.3 is 18.6 Å². The third kappa shape index (κ3) is 1.85. The number of carbonyl (C=O) groups is 1. The maximum Gasteiger partial charge on any atom is 0.302 e. The Morgan fingerprint density at radius 3 is 2.89 bits per heavy atom. The smallest absolute Gasteiger partial charge is 0.302 e. The zero-order chi connectivity index (χ0) is 19.1. The van der Waals surface area contributed by atoms with Crippen molar-refractivity contribution in [1.82, 2.24) is 0 Å². The van der Waals surface area contributed by atoms with Gasteiger partial charge in [0.2, 0.25) is 0 Å². The zero-order valence-corrected chi connectivity index (χ0v) is 16.5. The summed E-state index contributed by atoms with van der Waals surface area (Å²) in [5.41, 5.74) is 1.27. The summed E-state index contributed by atoms with van der Waals surface area (Å²) in [5, 5.41) is 0. The first-order chi connectivity index (χ1) is 12.8. The highest BCUT2D eigenvalue weighted by atomic mass is 16.7. The lowest BCUT2D eigenvalue weighted by atomic mass is 9.44. The average Bonchev–Trinajstić information content (AvgIpc) is 3.21. The highest BCUT2D eigenvalue weighted by Gasteiger charge is 2.80. The molecule has 1 unspecified atom stereocenters. The Bertz CT molecular complexity index is 813. The molecule has 4 aliphatic rings. The highest BCUT2D eigenvalue weighted by Crippen LogP contribution is 2.75. The summed E-state index contributed by atoms with van der Waals surface area (Å²) >= 11 is 0. The van der Waals surface area contributed by atoms with E-state index in [2.05, 4.69) is 26.8 Å². The van der Waals surface area contributed by atoms with Gasteiger partial charge in [-0.15, -0.1) is 0 Å². The van der Waals surface area contributed by atoms with Gasteiger partial charge in [0.05, 0.1) is 30.1 Å². The van der Waals surface area contributed by atoms with Crippen LogP contribution in [0.2, 0.25) is 0 Å². The normalized spacial score (nSPS) is 47.9. The van der Waals surface area contributed by atoms with Crippen LogP contribution in [0.15, 0.2) is 34.7 Å². The van der Waals surface area contributed by atoms with E-state index >= 15 is 0 Å². The van der Waals surface area contributed by atoms with Crippen molar-refractivity contribution in [3.05, 3.63) is 35.8 Å². The van der Waals surface area contributed by atoms with E-state index in [1.165, 1.54) is 12.5 Å². The maximum absolute atomic E-state index is 12.0. The van der Waals surface area contributed by atoms with Crippen molar-refractivity contribution in [2.24, 2.45) is 16.7 Å². The first-order valence-electron chi connectivity index (χ1n) is 10.0. The summed E-state index contributed by atoms with van der Waals surface area (Å²) in [6.07, 6.45) is 9.00. The number of rotatable bonds is 2. The minimum absolute atomic E-state index is 0.0764. The SMILES string of the molecule is CC(=O)O[C@@H]1CC(C)[C@@]2(C)C[C@@]3(c4ccoc4)OC[C@@]14C(C)=CCC[C@@]24O3. The lowest BCUT2D eigenvalue weighted by molar-refractivity contribution is -0.370. The van der Waals surface area contributed by atoms with E-state index in [4.69, 9.17) is 18.6 Å². The molecule has 2 aliphatic heterocycles. The van der Waals surface area contributed by atoms with E-state index in [-0.39, 0.29) is 17.5 Å². The number of hydrogen-bond acceptors (Lipinski definition) is 5. The van der Waals surface area contributed by atoms with Crippen molar-refractivity contribution in [3.8, 4) is 0 Å². The average molecular weight is 372 g/mol. The van der Waals surface area contributed by atoms with Gasteiger partial charge in [0.1, 0.15) is 6.10 Å². The molecule has 3 heterocycles. The Hall–Kier alpha value is -1.59. The van der Waals surface area contributed by atoms with E-state index in [0.717, 1.165) is 31.2 Å². The summed E-state index contributed by atoms with van der Waals surface area (Å²) in [6.45, 7) is 8.78. The number of fused-ring (bicyclic) bond motifs is 1. The van der Waals surface area contributed by atoms with Crippen molar-refractivity contribution in [2.75, 3.05) is 6.61 Å². The van der Waals surface area contributed by atoms with Gasteiger partial charge in [-0.25, -0.2) is 0 Å². The highest BCUT2D eigenvalue weighted by molar-refractivity contribution is 5.66. The molecule has 0 N–H and O–H groups in total. The molecule has 3 fully saturated rings. The van der Waals surface area contributed by atoms with Gasteiger partial charge in [0.25, 0.3) is 0 Å². The van der Waals surface area contributed by atoms with Crippen LogP contribution in [-0.4, -0.2) is 24.3 Å². The van der Waals surface area contributed by atoms with E-state index in [1.807, 2.05) is 6.07 Å². The van der Waals surface area contributed by atoms with Gasteiger partial charge in [-0.2, -0.15) is 0 Å². The molecule has 0 radical (unpaired) electrons. The number of hydrogen-bond donors (Lipinski definition) is 0. The van der Waals surface area contributed by atoms with Crippen LogP contribution in [0.3, 0.4) is 0 Å². The van der Waals surface area contributed by atoms with Crippen molar-refractivity contribution in [2.45, 2.75) is 70.9 Å². The second-order valence-electron chi connectivity index (χ2n) is 9.21. The van der Waals surface area contributed by atoms with Gasteiger partial charge in [-0.05, 0) is 38.2 Å². The molecule has 27 heavy (non-hydrogen) atoms. The van der Waals surface area contributed by atoms with Crippen LogP contribution in [0.1, 0.15) is 58.9 Å². The fourth-order valence-electron chi connectivity index (χ4n) is 6.79. The lowest BCUT2D eigenvalue weighted by Crippen LogP contribution is -2.72. The van der Waals surface area contributed by atoms with Crippen molar-refractivity contribution < 1.29 is 23.4 Å². The minimum Gasteiger partial charge on any atom is -0.472 e. The number of esters is 1. The van der Waals surface area contributed by atoms with Crippen LogP contribution in [0, 0.1) is 16.7 Å². The summed E-state index contributed by atoms with van der Waals surface area (Å²) in [5.74, 6) is -0.665. The second kappa shape index (κ2) is 5.26. The predicted molar refractivity (Wildman–Crippen MR) is 97.6 cm³/mol. The van der Waals surface area contributed by atoms with E-state index in [1.54, 1.807) is 12.5 Å². The number of allylic oxidation sites excluding steroid dienone is 1. The zero-order valence-electron chi connectivity index (χ0n) is 16.5. The van der Waals surface area contributed by atoms with Crippen LogP contribution in [0.5, 0.6) is 0 Å². The first kappa shape index (κ1) is 17.5. The van der Waals surface area contributed by atoms with Gasteiger partial charge in [0, 0.05) is 24.3 Å². The third-order valence-electron chi connectivity index (χ3n) is 8.24. The van der Waals surface area contributed by atoms with E-state index in [9.17, 15) is 4.79 Å². The summed E-state index contributed by atoms with van der Waals surface area (Å²) in [7, 11) is 0. The quantitative estimate of drug-likeness (QED) is 0.571.